The zero-order valence-corrected chi connectivity index (χ0v) is 10.5. The molecule has 0 unspecified atom stereocenters. The van der Waals surface area contributed by atoms with Crippen LogP contribution in [0.1, 0.15) is 30.1 Å². The van der Waals surface area contributed by atoms with Crippen LogP contribution in [0, 0.1) is 0 Å². The Hall–Kier alpha value is -1.16. The van der Waals surface area contributed by atoms with Crippen LogP contribution in [0.25, 0.3) is 0 Å². The maximum atomic E-state index is 11.5. The van der Waals surface area contributed by atoms with Gasteiger partial charge >= 0.3 is 5.97 Å². The van der Waals surface area contributed by atoms with Gasteiger partial charge in [-0.1, -0.05) is 13.3 Å². The van der Waals surface area contributed by atoms with Crippen molar-refractivity contribution >= 4 is 23.4 Å². The predicted octanol–water partition coefficient (Wildman–Crippen LogP) is 2.95. The van der Waals surface area contributed by atoms with E-state index in [4.69, 9.17) is 10.5 Å². The smallest absolute Gasteiger partial charge is 0.339 e. The molecule has 0 bridgehead atoms. The van der Waals surface area contributed by atoms with Crippen molar-refractivity contribution < 1.29 is 9.53 Å². The van der Waals surface area contributed by atoms with Crippen molar-refractivity contribution in [2.75, 3.05) is 18.6 Å². The fourth-order valence-corrected chi connectivity index (χ4v) is 2.38. The number of thioether (sulfide) groups is 1. The van der Waals surface area contributed by atoms with Gasteiger partial charge in [0, 0.05) is 10.6 Å². The summed E-state index contributed by atoms with van der Waals surface area (Å²) in [6.07, 6.45) is 2.28. The lowest BCUT2D eigenvalue weighted by Crippen LogP contribution is -2.04. The van der Waals surface area contributed by atoms with Gasteiger partial charge in [-0.3, -0.25) is 0 Å². The lowest BCUT2D eigenvalue weighted by Gasteiger charge is -2.08. The summed E-state index contributed by atoms with van der Waals surface area (Å²) in [6.45, 7) is 2.14. The van der Waals surface area contributed by atoms with Gasteiger partial charge < -0.3 is 10.5 Å². The molecular weight excluding hydrogens is 222 g/mol. The molecule has 0 heterocycles. The molecule has 4 heteroatoms. The Morgan fingerprint density at radius 3 is 2.88 bits per heavy atom. The van der Waals surface area contributed by atoms with Crippen molar-refractivity contribution in [3.63, 3.8) is 0 Å². The molecule has 0 spiro atoms. The molecule has 0 fully saturated rings. The zero-order chi connectivity index (χ0) is 12.0. The number of nitrogens with two attached hydrogens (primary N) is 1. The highest BCUT2D eigenvalue weighted by molar-refractivity contribution is 7.99. The molecular formula is C12H17NO2S. The first kappa shape index (κ1) is 12.9. The summed E-state index contributed by atoms with van der Waals surface area (Å²) in [5.74, 6) is 0.677. The first-order valence-electron chi connectivity index (χ1n) is 5.29. The number of hydrogen-bond donors (Lipinski definition) is 1. The van der Waals surface area contributed by atoms with Crippen LogP contribution in [0.5, 0.6) is 0 Å². The van der Waals surface area contributed by atoms with Gasteiger partial charge in [0.25, 0.3) is 0 Å². The Kier molecular flexibility index (Phi) is 5.19. The summed E-state index contributed by atoms with van der Waals surface area (Å²) in [7, 11) is 1.38. The molecule has 0 amide bonds. The number of benzene rings is 1. The Balaban J connectivity index is 2.85. The molecule has 0 aliphatic heterocycles. The van der Waals surface area contributed by atoms with E-state index in [1.54, 1.807) is 23.9 Å². The van der Waals surface area contributed by atoms with Crippen LogP contribution in [-0.4, -0.2) is 18.8 Å². The van der Waals surface area contributed by atoms with Gasteiger partial charge in [-0.05, 0) is 30.4 Å². The van der Waals surface area contributed by atoms with Crippen LogP contribution in [0.4, 0.5) is 5.69 Å². The van der Waals surface area contributed by atoms with Gasteiger partial charge in [0.05, 0.1) is 12.7 Å². The van der Waals surface area contributed by atoms with Crippen LogP contribution in [0.3, 0.4) is 0 Å². The highest BCUT2D eigenvalue weighted by Crippen LogP contribution is 2.26. The zero-order valence-electron chi connectivity index (χ0n) is 9.66. The monoisotopic (exact) mass is 239 g/mol. The molecule has 3 nitrogen and oxygen atoms in total. The number of esters is 1. The fraction of sp³-hybridized carbons (Fsp3) is 0.417. The fourth-order valence-electron chi connectivity index (χ4n) is 1.27. The highest BCUT2D eigenvalue weighted by atomic mass is 32.2. The third-order valence-electron chi connectivity index (χ3n) is 2.16. The van der Waals surface area contributed by atoms with Crippen LogP contribution in [0.2, 0.25) is 0 Å². The molecule has 88 valence electrons. The second kappa shape index (κ2) is 6.43. The Bertz CT molecular complexity index is 366. The molecule has 1 aromatic carbocycles. The Labute approximate surface area is 100 Å². The average Bonchev–Trinajstić information content (AvgIpc) is 2.30. The van der Waals surface area contributed by atoms with Crippen LogP contribution < -0.4 is 5.73 Å². The molecule has 0 saturated heterocycles. The number of hydrogen-bond acceptors (Lipinski definition) is 4. The van der Waals surface area contributed by atoms with Crippen molar-refractivity contribution in [2.45, 2.75) is 24.7 Å². The van der Waals surface area contributed by atoms with Crippen LogP contribution in [0.15, 0.2) is 23.1 Å². The van der Waals surface area contributed by atoms with Crippen LogP contribution >= 0.6 is 11.8 Å². The summed E-state index contributed by atoms with van der Waals surface area (Å²) in [6, 6.07) is 5.35. The van der Waals surface area contributed by atoms with Gasteiger partial charge in [0.15, 0.2) is 0 Å². The van der Waals surface area contributed by atoms with Crippen molar-refractivity contribution in [3.05, 3.63) is 23.8 Å². The van der Waals surface area contributed by atoms with E-state index in [0.29, 0.717) is 11.3 Å². The average molecular weight is 239 g/mol. The Morgan fingerprint density at radius 2 is 2.25 bits per heavy atom. The third kappa shape index (κ3) is 3.45. The number of ether oxygens (including phenoxy) is 1. The second-order valence-corrected chi connectivity index (χ2v) is 4.59. The first-order chi connectivity index (χ1) is 7.69. The van der Waals surface area contributed by atoms with E-state index in [9.17, 15) is 4.79 Å². The van der Waals surface area contributed by atoms with Crippen molar-refractivity contribution in [1.82, 2.24) is 0 Å². The minimum absolute atomic E-state index is 0.328. The van der Waals surface area contributed by atoms with Gasteiger partial charge in [0.2, 0.25) is 0 Å². The molecule has 0 atom stereocenters. The standard InChI is InChI=1S/C12H17NO2S/c1-3-4-7-16-11-6-5-9(13)8-10(11)12(14)15-2/h5-6,8H,3-4,7,13H2,1-2H3. The normalized spacial score (nSPS) is 10.1. The van der Waals surface area contributed by atoms with Crippen LogP contribution in [-0.2, 0) is 4.74 Å². The number of anilines is 1. The molecule has 1 rings (SSSR count). The minimum Gasteiger partial charge on any atom is -0.465 e. The molecule has 16 heavy (non-hydrogen) atoms. The highest BCUT2D eigenvalue weighted by Gasteiger charge is 2.12. The summed E-state index contributed by atoms with van der Waals surface area (Å²) in [5.41, 5.74) is 6.80. The van der Waals surface area contributed by atoms with Gasteiger partial charge in [0.1, 0.15) is 0 Å². The molecule has 0 radical (unpaired) electrons. The number of carbonyl (C=O) groups is 1. The third-order valence-corrected chi connectivity index (χ3v) is 3.32. The molecule has 0 aromatic heterocycles. The predicted molar refractivity (Wildman–Crippen MR) is 67.8 cm³/mol. The number of carbonyl (C=O) groups excluding carboxylic acids is 1. The van der Waals surface area contributed by atoms with Crippen molar-refractivity contribution in [2.24, 2.45) is 0 Å². The van der Waals surface area contributed by atoms with Crippen molar-refractivity contribution in [1.29, 1.82) is 0 Å². The summed E-state index contributed by atoms with van der Waals surface area (Å²) in [5, 5.41) is 0. The summed E-state index contributed by atoms with van der Waals surface area (Å²) < 4.78 is 4.73. The van der Waals surface area contributed by atoms with E-state index in [1.165, 1.54) is 7.11 Å². The number of methoxy groups -OCH3 is 1. The topological polar surface area (TPSA) is 52.3 Å². The lowest BCUT2D eigenvalue weighted by molar-refractivity contribution is 0.0597. The quantitative estimate of drug-likeness (QED) is 0.371. The Morgan fingerprint density at radius 1 is 1.50 bits per heavy atom. The lowest BCUT2D eigenvalue weighted by atomic mass is 10.2. The number of unbranched alkanes of at least 4 members (excludes halogenated alkanes) is 1. The molecule has 0 aliphatic carbocycles. The molecule has 0 saturated carbocycles. The second-order valence-electron chi connectivity index (χ2n) is 3.45. The van der Waals surface area contributed by atoms with E-state index >= 15 is 0 Å². The molecule has 1 aromatic rings. The summed E-state index contributed by atoms with van der Waals surface area (Å²) >= 11 is 1.67. The van der Waals surface area contributed by atoms with Crippen molar-refractivity contribution in [3.8, 4) is 0 Å². The van der Waals surface area contributed by atoms with E-state index in [-0.39, 0.29) is 5.97 Å². The van der Waals surface area contributed by atoms with E-state index in [2.05, 4.69) is 6.92 Å². The van der Waals surface area contributed by atoms with E-state index in [0.717, 1.165) is 23.5 Å². The largest absolute Gasteiger partial charge is 0.465 e. The number of nitrogen functional groups attached to an aromatic ring is 1. The van der Waals surface area contributed by atoms with Gasteiger partial charge in [-0.15, -0.1) is 11.8 Å². The van der Waals surface area contributed by atoms with Gasteiger partial charge in [-0.2, -0.15) is 0 Å². The van der Waals surface area contributed by atoms with Gasteiger partial charge in [-0.25, -0.2) is 4.79 Å². The first-order valence-corrected chi connectivity index (χ1v) is 6.28. The minimum atomic E-state index is -0.328. The van der Waals surface area contributed by atoms with E-state index < -0.39 is 0 Å². The maximum absolute atomic E-state index is 11.5. The van der Waals surface area contributed by atoms with E-state index in [1.807, 2.05) is 6.07 Å². The maximum Gasteiger partial charge on any atom is 0.339 e. The SMILES string of the molecule is CCCCSc1ccc(N)cc1C(=O)OC. The molecule has 2 N–H and O–H groups in total. The summed E-state index contributed by atoms with van der Waals surface area (Å²) in [4.78, 5) is 12.5. The number of rotatable bonds is 5. The molecule has 0 aliphatic rings.